The Balaban J connectivity index is 0.00000324. The first-order valence-corrected chi connectivity index (χ1v) is 11.4. The molecule has 8 nitrogen and oxygen atoms in total. The Labute approximate surface area is 206 Å². The highest BCUT2D eigenvalue weighted by molar-refractivity contribution is 5.91. The van der Waals surface area contributed by atoms with Gasteiger partial charge in [0.25, 0.3) is 5.91 Å². The summed E-state index contributed by atoms with van der Waals surface area (Å²) in [4.78, 5) is 16.8. The van der Waals surface area contributed by atoms with Gasteiger partial charge < -0.3 is 15.4 Å². The van der Waals surface area contributed by atoms with Crippen LogP contribution in [0.25, 0.3) is 11.1 Å². The summed E-state index contributed by atoms with van der Waals surface area (Å²) in [6.07, 6.45) is 7.47. The van der Waals surface area contributed by atoms with Crippen LogP contribution in [0.3, 0.4) is 0 Å². The molecule has 1 aliphatic heterocycles. The monoisotopic (exact) mass is 484 g/mol. The zero-order valence-electron chi connectivity index (χ0n) is 20.2. The van der Waals surface area contributed by atoms with Crippen LogP contribution in [-0.4, -0.2) is 45.1 Å². The number of carbonyl (C=O) groups is 1. The molecule has 1 aliphatic rings. The van der Waals surface area contributed by atoms with Gasteiger partial charge in [-0.3, -0.25) is 9.78 Å². The lowest BCUT2D eigenvalue weighted by Crippen LogP contribution is -2.34. The molecule has 3 aromatic rings. The van der Waals surface area contributed by atoms with Crippen LogP contribution < -0.4 is 15.4 Å². The molecule has 0 bridgehead atoms. The number of hydrogen-bond donors (Lipinski definition) is 2. The first-order chi connectivity index (χ1) is 15.8. The molecule has 3 heterocycles. The molecule has 2 aromatic heterocycles. The van der Waals surface area contributed by atoms with Gasteiger partial charge >= 0.3 is 0 Å². The minimum Gasteiger partial charge on any atom is -0.488 e. The summed E-state index contributed by atoms with van der Waals surface area (Å²) in [7, 11) is 0. The second-order valence-electron chi connectivity index (χ2n) is 9.48. The first-order valence-electron chi connectivity index (χ1n) is 11.4. The maximum Gasteiger partial charge on any atom is 0.273 e. The number of carbonyl (C=O) groups excluding carboxylic acids is 1. The quantitative estimate of drug-likeness (QED) is 0.551. The van der Waals surface area contributed by atoms with Crippen molar-refractivity contribution in [2.75, 3.05) is 13.1 Å². The van der Waals surface area contributed by atoms with Gasteiger partial charge in [-0.15, -0.1) is 17.5 Å². The van der Waals surface area contributed by atoms with E-state index in [1.54, 1.807) is 23.3 Å². The number of rotatable bonds is 6. The average molecular weight is 485 g/mol. The maximum atomic E-state index is 12.5. The van der Waals surface area contributed by atoms with E-state index in [4.69, 9.17) is 4.74 Å². The van der Waals surface area contributed by atoms with Crippen LogP contribution in [0.2, 0.25) is 0 Å². The summed E-state index contributed by atoms with van der Waals surface area (Å²) in [6.45, 7) is 10.5. The van der Waals surface area contributed by atoms with E-state index in [2.05, 4.69) is 45.0 Å². The van der Waals surface area contributed by atoms with Crippen LogP contribution in [0.1, 0.15) is 55.2 Å². The number of amides is 1. The second-order valence-corrected chi connectivity index (χ2v) is 9.48. The van der Waals surface area contributed by atoms with E-state index < -0.39 is 0 Å². The van der Waals surface area contributed by atoms with Crippen molar-refractivity contribution in [1.82, 2.24) is 30.6 Å². The van der Waals surface area contributed by atoms with Crippen molar-refractivity contribution in [1.29, 1.82) is 0 Å². The molecule has 0 saturated carbocycles. The molecule has 0 radical (unpaired) electrons. The van der Waals surface area contributed by atoms with Crippen LogP contribution in [0.15, 0.2) is 42.9 Å². The van der Waals surface area contributed by atoms with Gasteiger partial charge in [0.15, 0.2) is 5.69 Å². The van der Waals surface area contributed by atoms with Crippen molar-refractivity contribution in [3.05, 3.63) is 59.7 Å². The van der Waals surface area contributed by atoms with Gasteiger partial charge in [-0.2, -0.15) is 0 Å². The van der Waals surface area contributed by atoms with Crippen LogP contribution in [0, 0.1) is 6.92 Å². The number of benzene rings is 1. The fraction of sp³-hybridized carbons (Fsp3) is 0.440. The fourth-order valence-electron chi connectivity index (χ4n) is 3.83. The molecule has 1 saturated heterocycles. The molecule has 9 heteroatoms. The zero-order valence-corrected chi connectivity index (χ0v) is 21.0. The molecule has 182 valence electrons. The van der Waals surface area contributed by atoms with E-state index >= 15 is 0 Å². The molecular formula is C25H33ClN6O2. The van der Waals surface area contributed by atoms with Crippen LogP contribution in [-0.2, 0) is 12.1 Å². The number of hydrogen-bond acceptors (Lipinski definition) is 6. The number of nitrogens with zero attached hydrogens (tertiary/aromatic N) is 4. The molecule has 0 atom stereocenters. The number of aromatic nitrogens is 4. The number of pyridine rings is 1. The summed E-state index contributed by atoms with van der Waals surface area (Å²) in [5.41, 5.74) is 4.33. The van der Waals surface area contributed by atoms with Gasteiger partial charge in [0.2, 0.25) is 0 Å². The summed E-state index contributed by atoms with van der Waals surface area (Å²) in [5.74, 6) is 0.576. The Morgan fingerprint density at radius 3 is 2.68 bits per heavy atom. The van der Waals surface area contributed by atoms with Gasteiger partial charge in [-0.1, -0.05) is 23.4 Å². The van der Waals surface area contributed by atoms with Gasteiger partial charge in [0, 0.05) is 18.3 Å². The molecular weight excluding hydrogens is 452 g/mol. The minimum atomic E-state index is -0.235. The highest BCUT2D eigenvalue weighted by atomic mass is 35.5. The molecule has 34 heavy (non-hydrogen) atoms. The van der Waals surface area contributed by atoms with E-state index in [0.717, 1.165) is 53.9 Å². The van der Waals surface area contributed by atoms with Crippen molar-refractivity contribution in [3.63, 3.8) is 0 Å². The summed E-state index contributed by atoms with van der Waals surface area (Å²) in [6, 6.07) is 8.23. The van der Waals surface area contributed by atoms with Gasteiger partial charge in [-0.05, 0) is 76.4 Å². The third-order valence-corrected chi connectivity index (χ3v) is 5.87. The van der Waals surface area contributed by atoms with E-state index in [9.17, 15) is 4.79 Å². The van der Waals surface area contributed by atoms with Crippen molar-refractivity contribution in [3.8, 4) is 16.9 Å². The molecule has 0 unspecified atom stereocenters. The molecule has 0 aliphatic carbocycles. The number of piperidine rings is 1. The Kier molecular flexibility index (Phi) is 8.28. The van der Waals surface area contributed by atoms with E-state index in [1.165, 1.54) is 0 Å². The summed E-state index contributed by atoms with van der Waals surface area (Å²) in [5, 5.41) is 14.4. The zero-order chi connectivity index (χ0) is 23.4. The Bertz CT molecular complexity index is 1120. The molecule has 0 spiro atoms. The summed E-state index contributed by atoms with van der Waals surface area (Å²) >= 11 is 0. The molecule has 4 rings (SSSR count). The second kappa shape index (κ2) is 11.0. The normalized spacial score (nSPS) is 14.4. The number of halogens is 1. The number of nitrogens with one attached hydrogen (secondary N) is 2. The smallest absolute Gasteiger partial charge is 0.273 e. The Morgan fingerprint density at radius 1 is 1.24 bits per heavy atom. The lowest BCUT2D eigenvalue weighted by atomic mass is 9.99. The highest BCUT2D eigenvalue weighted by Crippen LogP contribution is 2.32. The average Bonchev–Trinajstić information content (AvgIpc) is 3.30. The topological polar surface area (TPSA) is 94.0 Å². The molecule has 1 amide bonds. The highest BCUT2D eigenvalue weighted by Gasteiger charge is 2.19. The lowest BCUT2D eigenvalue weighted by Gasteiger charge is -2.25. The third-order valence-electron chi connectivity index (χ3n) is 5.87. The van der Waals surface area contributed by atoms with Gasteiger partial charge in [0.1, 0.15) is 11.9 Å². The largest absolute Gasteiger partial charge is 0.488 e. The van der Waals surface area contributed by atoms with E-state index in [1.807, 2.05) is 32.9 Å². The van der Waals surface area contributed by atoms with Crippen molar-refractivity contribution in [2.45, 2.75) is 58.7 Å². The van der Waals surface area contributed by atoms with Gasteiger partial charge in [0.05, 0.1) is 17.9 Å². The summed E-state index contributed by atoms with van der Waals surface area (Å²) < 4.78 is 7.98. The first kappa shape index (κ1) is 25.6. The predicted octanol–water partition coefficient (Wildman–Crippen LogP) is 3.89. The molecule has 1 fully saturated rings. The Morgan fingerprint density at radius 2 is 2.00 bits per heavy atom. The van der Waals surface area contributed by atoms with Crippen molar-refractivity contribution >= 4 is 18.3 Å². The Hall–Kier alpha value is -2.97. The third kappa shape index (κ3) is 6.12. The fourth-order valence-corrected chi connectivity index (χ4v) is 3.83. The SMILES string of the molecule is Cc1cc(-c2ccncc2OC2CCNCC2)ccc1CNC(=O)c1cn(C(C)(C)C)nn1.Cl. The maximum absolute atomic E-state index is 12.5. The standard InChI is InChI=1S/C25H32N6O2.ClH/c1-17-13-18(21-9-12-27-15-23(21)33-20-7-10-26-11-8-20)5-6-19(17)14-28-24(32)22-16-31(30-29-22)25(2,3)4;/h5-6,9,12-13,15-16,20,26H,7-8,10-11,14H2,1-4H3,(H,28,32);1H. The van der Waals surface area contributed by atoms with Crippen molar-refractivity contribution < 1.29 is 9.53 Å². The van der Waals surface area contributed by atoms with Gasteiger partial charge in [-0.25, -0.2) is 4.68 Å². The predicted molar refractivity (Wildman–Crippen MR) is 134 cm³/mol. The van der Waals surface area contributed by atoms with E-state index in [0.29, 0.717) is 12.2 Å². The van der Waals surface area contributed by atoms with Crippen LogP contribution in [0.5, 0.6) is 5.75 Å². The van der Waals surface area contributed by atoms with Crippen LogP contribution >= 0.6 is 12.4 Å². The lowest BCUT2D eigenvalue weighted by molar-refractivity contribution is 0.0945. The van der Waals surface area contributed by atoms with E-state index in [-0.39, 0.29) is 30.0 Å². The molecule has 2 N–H and O–H groups in total. The number of ether oxygens (including phenoxy) is 1. The number of aryl methyl sites for hydroxylation is 1. The van der Waals surface area contributed by atoms with Crippen LogP contribution in [0.4, 0.5) is 0 Å². The minimum absolute atomic E-state index is 0. The molecule has 1 aromatic carbocycles. The van der Waals surface area contributed by atoms with Crippen molar-refractivity contribution in [2.24, 2.45) is 0 Å².